The Hall–Kier alpha value is 0.236. The third-order valence-electron chi connectivity index (χ3n) is 1.65. The molecule has 0 heterocycles. The molecule has 78 valence electrons. The van der Waals surface area contributed by atoms with E-state index in [9.17, 15) is 13.2 Å². The van der Waals surface area contributed by atoms with Crippen LogP contribution in [0.25, 0.3) is 0 Å². The molecule has 0 unspecified atom stereocenters. The fourth-order valence-corrected chi connectivity index (χ4v) is 1.79. The Bertz CT molecular complexity index is 480. The maximum absolute atomic E-state index is 10.8. The van der Waals surface area contributed by atoms with Crippen molar-refractivity contribution < 1.29 is 22.9 Å². The molecule has 0 spiro atoms. The molecule has 0 aliphatic heterocycles. The molecule has 0 saturated carbocycles. The van der Waals surface area contributed by atoms with E-state index in [0.29, 0.717) is 5.56 Å². The number of carboxylic acid groups (broad SMARTS) is 1. The van der Waals surface area contributed by atoms with Gasteiger partial charge in [-0.1, -0.05) is 6.07 Å². The molecule has 0 amide bonds. The molecule has 0 aromatic heterocycles. The van der Waals surface area contributed by atoms with Crippen LogP contribution < -0.4 is 0 Å². The van der Waals surface area contributed by atoms with Crippen LogP contribution in [-0.2, 0) is 10.1 Å². The molecule has 0 radical (unpaired) electrons. The molecule has 1 aromatic rings. The van der Waals surface area contributed by atoms with Crippen molar-refractivity contribution >= 4 is 67.5 Å². The molecule has 0 fully saturated rings. The quantitative estimate of drug-likeness (QED) is 0.586. The number of hydrogen-bond donors (Lipinski definition) is 2. The van der Waals surface area contributed by atoms with Crippen LogP contribution in [0.1, 0.15) is 15.9 Å². The van der Waals surface area contributed by atoms with Crippen LogP contribution in [0, 0.1) is 6.92 Å². The molecule has 2 N–H and O–H groups in total. The van der Waals surface area contributed by atoms with Gasteiger partial charge in [0.1, 0.15) is 4.90 Å². The van der Waals surface area contributed by atoms with Gasteiger partial charge >= 0.3 is 57.4 Å². The summed E-state index contributed by atoms with van der Waals surface area (Å²) in [7, 11) is -4.48. The Kier molecular flexibility index (Phi) is 5.62. The van der Waals surface area contributed by atoms with E-state index in [4.69, 9.17) is 9.66 Å². The summed E-state index contributed by atoms with van der Waals surface area (Å²) in [5.74, 6) is -1.39. The monoisotopic (exact) mass is 256 g/mol. The third-order valence-corrected chi connectivity index (χ3v) is 2.54. The fourth-order valence-electron chi connectivity index (χ4n) is 1.02. The summed E-state index contributed by atoms with van der Waals surface area (Å²) in [6.45, 7) is 1.60. The van der Waals surface area contributed by atoms with E-state index in [-0.39, 0.29) is 51.4 Å². The van der Waals surface area contributed by atoms with Crippen molar-refractivity contribution in [2.24, 2.45) is 0 Å². The number of carboxylic acids is 1. The van der Waals surface area contributed by atoms with E-state index >= 15 is 0 Å². The summed E-state index contributed by atoms with van der Waals surface area (Å²) in [6, 6.07) is 3.71. The summed E-state index contributed by atoms with van der Waals surface area (Å²) in [6.07, 6.45) is 0. The summed E-state index contributed by atoms with van der Waals surface area (Å²) in [4.78, 5) is 10.0. The summed E-state index contributed by atoms with van der Waals surface area (Å²) >= 11 is 0. The van der Waals surface area contributed by atoms with E-state index in [1.807, 2.05) is 0 Å². The average molecular weight is 256 g/mol. The molecule has 7 heteroatoms. The van der Waals surface area contributed by atoms with Crippen LogP contribution in [0.15, 0.2) is 23.1 Å². The van der Waals surface area contributed by atoms with Crippen molar-refractivity contribution in [2.75, 3.05) is 0 Å². The molecule has 1 aromatic carbocycles. The fraction of sp³-hybridized carbons (Fsp3) is 0.125. The van der Waals surface area contributed by atoms with E-state index in [1.165, 1.54) is 6.07 Å². The minimum atomic E-state index is -4.48. The predicted molar refractivity (Wildman–Crippen MR) is 55.1 cm³/mol. The number of rotatable bonds is 2. The van der Waals surface area contributed by atoms with Gasteiger partial charge in [-0.15, -0.1) is 0 Å². The molecule has 0 bridgehead atoms. The Morgan fingerprint density at radius 3 is 2.27 bits per heavy atom. The minimum absolute atomic E-state index is 0. The molecule has 1 rings (SSSR count). The van der Waals surface area contributed by atoms with Gasteiger partial charge in [0.25, 0.3) is 10.1 Å². The molecular weight excluding hydrogens is 247 g/mol. The van der Waals surface area contributed by atoms with E-state index < -0.39 is 26.5 Å². The SMILES string of the molecule is Cc1ccc(C(=O)O)c(S(=O)(=O)O)c1.[KH]. The zero-order valence-corrected chi connectivity index (χ0v) is 8.08. The van der Waals surface area contributed by atoms with Crippen LogP contribution >= 0.6 is 0 Å². The Labute approximate surface area is 130 Å². The van der Waals surface area contributed by atoms with Crippen molar-refractivity contribution in [2.45, 2.75) is 11.8 Å². The van der Waals surface area contributed by atoms with Gasteiger partial charge in [-0.25, -0.2) is 4.79 Å². The zero-order valence-electron chi connectivity index (χ0n) is 7.26. The van der Waals surface area contributed by atoms with Crippen LogP contribution in [0.5, 0.6) is 0 Å². The second-order valence-electron chi connectivity index (χ2n) is 2.78. The standard InChI is InChI=1S/C8H8O5S.K.H/c1-5-2-3-6(8(9)10)7(4-5)14(11,12)13;;/h2-4H,1H3,(H,9,10)(H,11,12,13);;. The molecule has 0 saturated heterocycles. The molecule has 15 heavy (non-hydrogen) atoms. The number of aromatic carboxylic acids is 1. The molecule has 0 atom stereocenters. The molecule has 5 nitrogen and oxygen atoms in total. The number of carbonyl (C=O) groups is 1. The van der Waals surface area contributed by atoms with Gasteiger partial charge in [0.15, 0.2) is 0 Å². The second kappa shape index (κ2) is 5.53. The summed E-state index contributed by atoms with van der Waals surface area (Å²) in [5.41, 5.74) is 0.126. The van der Waals surface area contributed by atoms with Crippen molar-refractivity contribution in [3.63, 3.8) is 0 Å². The van der Waals surface area contributed by atoms with Gasteiger partial charge in [0, 0.05) is 0 Å². The topological polar surface area (TPSA) is 91.7 Å². The van der Waals surface area contributed by atoms with Crippen LogP contribution in [0.4, 0.5) is 0 Å². The Morgan fingerprint density at radius 1 is 1.33 bits per heavy atom. The normalized spacial score (nSPS) is 10.5. The van der Waals surface area contributed by atoms with Crippen molar-refractivity contribution in [1.29, 1.82) is 0 Å². The molecule has 0 aliphatic rings. The van der Waals surface area contributed by atoms with E-state index in [1.54, 1.807) is 6.92 Å². The summed E-state index contributed by atoms with van der Waals surface area (Å²) in [5, 5.41) is 8.64. The van der Waals surface area contributed by atoms with Crippen LogP contribution in [0.2, 0.25) is 0 Å². The first kappa shape index (κ1) is 15.2. The van der Waals surface area contributed by atoms with Crippen LogP contribution in [-0.4, -0.2) is 75.4 Å². The Balaban J connectivity index is 0.00000196. The first-order chi connectivity index (χ1) is 6.32. The average Bonchev–Trinajstić information content (AvgIpc) is 2.01. The summed E-state index contributed by atoms with van der Waals surface area (Å²) < 4.78 is 30.4. The van der Waals surface area contributed by atoms with E-state index in [0.717, 1.165) is 12.1 Å². The van der Waals surface area contributed by atoms with Gasteiger partial charge in [-0.05, 0) is 24.6 Å². The van der Waals surface area contributed by atoms with Gasteiger partial charge < -0.3 is 5.11 Å². The predicted octanol–water partition coefficient (Wildman–Crippen LogP) is 0.291. The first-order valence-corrected chi connectivity index (χ1v) is 5.08. The maximum atomic E-state index is 10.8. The van der Waals surface area contributed by atoms with Crippen LogP contribution in [0.3, 0.4) is 0 Å². The molecular formula is C8H9KO5S. The number of hydrogen-bond acceptors (Lipinski definition) is 3. The van der Waals surface area contributed by atoms with Crippen molar-refractivity contribution in [3.8, 4) is 0 Å². The third kappa shape index (κ3) is 3.95. The van der Waals surface area contributed by atoms with Gasteiger partial charge in [-0.2, -0.15) is 8.42 Å². The number of benzene rings is 1. The first-order valence-electron chi connectivity index (χ1n) is 3.64. The van der Waals surface area contributed by atoms with Gasteiger partial charge in [0.05, 0.1) is 5.56 Å². The molecule has 0 aliphatic carbocycles. The van der Waals surface area contributed by atoms with E-state index in [2.05, 4.69) is 0 Å². The van der Waals surface area contributed by atoms with Crippen molar-refractivity contribution in [3.05, 3.63) is 29.3 Å². The number of aryl methyl sites for hydroxylation is 1. The van der Waals surface area contributed by atoms with Gasteiger partial charge in [0.2, 0.25) is 0 Å². The Morgan fingerprint density at radius 2 is 1.87 bits per heavy atom. The van der Waals surface area contributed by atoms with Gasteiger partial charge in [-0.3, -0.25) is 4.55 Å². The second-order valence-corrected chi connectivity index (χ2v) is 4.17. The van der Waals surface area contributed by atoms with Crippen molar-refractivity contribution in [1.82, 2.24) is 0 Å². The zero-order chi connectivity index (χ0) is 10.9.